The summed E-state index contributed by atoms with van der Waals surface area (Å²) in [6.07, 6.45) is -0.228. The molecule has 2 rings (SSSR count). The number of anilines is 1. The quantitative estimate of drug-likeness (QED) is 0.807. The smallest absolute Gasteiger partial charge is 0.246 e. The highest BCUT2D eigenvalue weighted by atomic mass is 35.5. The van der Waals surface area contributed by atoms with Gasteiger partial charge in [-0.2, -0.15) is 4.31 Å². The van der Waals surface area contributed by atoms with Crippen molar-refractivity contribution in [3.63, 3.8) is 0 Å². The van der Waals surface area contributed by atoms with E-state index in [1.165, 1.54) is 6.07 Å². The monoisotopic (exact) mass is 322 g/mol. The van der Waals surface area contributed by atoms with Crippen LogP contribution in [0.1, 0.15) is 13.3 Å². The Morgan fingerprint density at radius 3 is 2.75 bits per heavy atom. The van der Waals surface area contributed by atoms with Gasteiger partial charge in [-0.3, -0.25) is 0 Å². The number of sulfonamides is 1. The Bertz CT molecular complexity index is 623. The van der Waals surface area contributed by atoms with Gasteiger partial charge in [0.25, 0.3) is 0 Å². The number of nitrogen functional groups attached to an aromatic ring is 1. The molecule has 0 radical (unpaired) electrons. The van der Waals surface area contributed by atoms with E-state index >= 15 is 0 Å². The molecule has 2 atom stereocenters. The topological polar surface area (TPSA) is 83.6 Å². The Kier molecular flexibility index (Phi) is 4.24. The second-order valence-corrected chi connectivity index (χ2v) is 7.35. The van der Waals surface area contributed by atoms with Gasteiger partial charge in [-0.1, -0.05) is 18.5 Å². The van der Waals surface area contributed by atoms with Gasteiger partial charge in [0.2, 0.25) is 10.0 Å². The number of aliphatic hydroxyl groups excluding tert-OH is 1. The van der Waals surface area contributed by atoms with Gasteiger partial charge in [0.1, 0.15) is 4.90 Å². The molecule has 1 fully saturated rings. The summed E-state index contributed by atoms with van der Waals surface area (Å²) in [5.41, 5.74) is 5.11. The lowest BCUT2D eigenvalue weighted by Crippen LogP contribution is -2.45. The predicted octanol–water partition coefficient (Wildman–Crippen LogP) is 1.45. The van der Waals surface area contributed by atoms with Crippen molar-refractivity contribution in [3.05, 3.63) is 23.0 Å². The molecule has 1 aliphatic rings. The van der Waals surface area contributed by atoms with Crippen molar-refractivity contribution in [2.75, 3.05) is 18.8 Å². The summed E-state index contributed by atoms with van der Waals surface area (Å²) in [5, 5.41) is 9.70. The van der Waals surface area contributed by atoms with E-state index in [0.29, 0.717) is 6.42 Å². The van der Waals surface area contributed by atoms with Gasteiger partial charge in [-0.15, -0.1) is 0 Å². The minimum atomic E-state index is -4.01. The Hall–Kier alpha value is -0.890. The second kappa shape index (κ2) is 5.48. The van der Waals surface area contributed by atoms with Gasteiger partial charge in [-0.25, -0.2) is 12.8 Å². The second-order valence-electron chi connectivity index (χ2n) is 5.00. The maximum absolute atomic E-state index is 14.0. The van der Waals surface area contributed by atoms with Crippen LogP contribution in [-0.2, 0) is 10.0 Å². The number of benzene rings is 1. The molecule has 5 nitrogen and oxygen atoms in total. The summed E-state index contributed by atoms with van der Waals surface area (Å²) in [5.74, 6) is -1.20. The zero-order valence-electron chi connectivity index (χ0n) is 10.9. The Balaban J connectivity index is 2.41. The SMILES string of the molecule is CC1CN(S(=O)(=O)c2cc(Cl)cc(N)c2F)CCC1O. The van der Waals surface area contributed by atoms with Crippen LogP contribution in [0, 0.1) is 11.7 Å². The van der Waals surface area contributed by atoms with E-state index in [0.717, 1.165) is 10.4 Å². The van der Waals surface area contributed by atoms with E-state index in [1.807, 2.05) is 0 Å². The van der Waals surface area contributed by atoms with Crippen molar-refractivity contribution in [3.8, 4) is 0 Å². The molecule has 0 bridgehead atoms. The van der Waals surface area contributed by atoms with E-state index in [9.17, 15) is 17.9 Å². The fourth-order valence-corrected chi connectivity index (χ4v) is 4.19. The van der Waals surface area contributed by atoms with E-state index in [4.69, 9.17) is 17.3 Å². The van der Waals surface area contributed by atoms with Gasteiger partial charge in [0.15, 0.2) is 5.82 Å². The average Bonchev–Trinajstić information content (AvgIpc) is 2.36. The lowest BCUT2D eigenvalue weighted by molar-refractivity contribution is 0.0628. The third-order valence-corrected chi connectivity index (χ3v) is 5.56. The number of hydrogen-bond acceptors (Lipinski definition) is 4. The van der Waals surface area contributed by atoms with Gasteiger partial charge >= 0.3 is 0 Å². The van der Waals surface area contributed by atoms with Crippen molar-refractivity contribution < 1.29 is 17.9 Å². The van der Waals surface area contributed by atoms with Crippen molar-refractivity contribution in [1.29, 1.82) is 0 Å². The van der Waals surface area contributed by atoms with Crippen molar-refractivity contribution in [2.24, 2.45) is 5.92 Å². The number of rotatable bonds is 2. The van der Waals surface area contributed by atoms with Crippen LogP contribution in [-0.4, -0.2) is 37.0 Å². The van der Waals surface area contributed by atoms with Crippen LogP contribution in [0.2, 0.25) is 5.02 Å². The molecule has 1 heterocycles. The zero-order chi connectivity index (χ0) is 15.1. The molecule has 0 aliphatic carbocycles. The van der Waals surface area contributed by atoms with Crippen molar-refractivity contribution in [2.45, 2.75) is 24.3 Å². The molecule has 3 N–H and O–H groups in total. The molecule has 112 valence electrons. The van der Waals surface area contributed by atoms with E-state index in [2.05, 4.69) is 0 Å². The normalized spacial score (nSPS) is 24.8. The van der Waals surface area contributed by atoms with E-state index in [-0.39, 0.29) is 29.7 Å². The molecular weight excluding hydrogens is 307 g/mol. The summed E-state index contributed by atoms with van der Waals surface area (Å²) in [6, 6.07) is 2.22. The van der Waals surface area contributed by atoms with Crippen LogP contribution < -0.4 is 5.73 Å². The van der Waals surface area contributed by atoms with Crippen LogP contribution in [0.4, 0.5) is 10.1 Å². The first-order valence-corrected chi connectivity index (χ1v) is 7.98. The number of hydrogen-bond donors (Lipinski definition) is 2. The van der Waals surface area contributed by atoms with Gasteiger partial charge in [0.05, 0.1) is 11.8 Å². The Labute approximate surface area is 122 Å². The summed E-state index contributed by atoms with van der Waals surface area (Å²) in [7, 11) is -4.01. The molecule has 8 heteroatoms. The molecule has 1 aromatic rings. The van der Waals surface area contributed by atoms with E-state index < -0.39 is 26.8 Å². The number of halogens is 2. The summed E-state index contributed by atoms with van der Waals surface area (Å²) < 4.78 is 40.0. The summed E-state index contributed by atoms with van der Waals surface area (Å²) >= 11 is 5.75. The number of nitrogens with zero attached hydrogens (tertiary/aromatic N) is 1. The molecule has 1 aliphatic heterocycles. The molecule has 0 aromatic heterocycles. The van der Waals surface area contributed by atoms with Gasteiger partial charge in [0, 0.05) is 18.1 Å². The minimum Gasteiger partial charge on any atom is -0.396 e. The van der Waals surface area contributed by atoms with Crippen molar-refractivity contribution >= 4 is 27.3 Å². The maximum Gasteiger partial charge on any atom is 0.246 e. The Morgan fingerprint density at radius 1 is 1.50 bits per heavy atom. The van der Waals surface area contributed by atoms with Crippen LogP contribution in [0.25, 0.3) is 0 Å². The summed E-state index contributed by atoms with van der Waals surface area (Å²) in [4.78, 5) is -0.522. The fraction of sp³-hybridized carbons (Fsp3) is 0.500. The number of piperidine rings is 1. The van der Waals surface area contributed by atoms with Crippen LogP contribution in [0.5, 0.6) is 0 Å². The average molecular weight is 323 g/mol. The standard InChI is InChI=1S/C12H16ClFN2O3S/c1-7-6-16(3-2-10(7)17)20(18,19)11-5-8(13)4-9(15)12(11)14/h4-5,7,10,17H,2-3,6,15H2,1H3. The first kappa shape index (κ1) is 15.5. The number of nitrogens with two attached hydrogens (primary N) is 1. The molecule has 0 saturated carbocycles. The lowest BCUT2D eigenvalue weighted by atomic mass is 9.99. The molecule has 1 aromatic carbocycles. The van der Waals surface area contributed by atoms with Crippen LogP contribution >= 0.6 is 11.6 Å². The lowest BCUT2D eigenvalue weighted by Gasteiger charge is -2.33. The Morgan fingerprint density at radius 2 is 2.15 bits per heavy atom. The highest BCUT2D eigenvalue weighted by Gasteiger charge is 2.34. The first-order valence-electron chi connectivity index (χ1n) is 6.16. The highest BCUT2D eigenvalue weighted by Crippen LogP contribution is 2.30. The molecule has 0 amide bonds. The van der Waals surface area contributed by atoms with Crippen LogP contribution in [0.15, 0.2) is 17.0 Å². The highest BCUT2D eigenvalue weighted by molar-refractivity contribution is 7.89. The summed E-state index contributed by atoms with van der Waals surface area (Å²) in [6.45, 7) is 2.02. The predicted molar refractivity (Wildman–Crippen MR) is 74.4 cm³/mol. The third-order valence-electron chi connectivity index (χ3n) is 3.47. The van der Waals surface area contributed by atoms with E-state index in [1.54, 1.807) is 6.92 Å². The van der Waals surface area contributed by atoms with Gasteiger partial charge in [-0.05, 0) is 24.5 Å². The maximum atomic E-state index is 14.0. The molecule has 0 spiro atoms. The largest absolute Gasteiger partial charge is 0.396 e. The fourth-order valence-electron chi connectivity index (χ4n) is 2.22. The van der Waals surface area contributed by atoms with Crippen LogP contribution in [0.3, 0.4) is 0 Å². The molecule has 1 saturated heterocycles. The zero-order valence-corrected chi connectivity index (χ0v) is 12.5. The number of aliphatic hydroxyl groups is 1. The first-order chi connectivity index (χ1) is 9.23. The molecular formula is C12H16ClFN2O3S. The van der Waals surface area contributed by atoms with Crippen molar-refractivity contribution in [1.82, 2.24) is 4.31 Å². The minimum absolute atomic E-state index is 0.0626. The third kappa shape index (κ3) is 2.76. The van der Waals surface area contributed by atoms with Gasteiger partial charge < -0.3 is 10.8 Å². The molecule has 2 unspecified atom stereocenters. The molecule has 20 heavy (non-hydrogen) atoms.